The molecule has 0 spiro atoms. The second-order valence-electron chi connectivity index (χ2n) is 9.48. The van der Waals surface area contributed by atoms with Crippen LogP contribution in [-0.2, 0) is 12.0 Å². The lowest BCUT2D eigenvalue weighted by molar-refractivity contribution is 0.151. The summed E-state index contributed by atoms with van der Waals surface area (Å²) in [5, 5.41) is 16.7. The first kappa shape index (κ1) is 23.3. The van der Waals surface area contributed by atoms with Crippen molar-refractivity contribution in [3.63, 3.8) is 0 Å². The van der Waals surface area contributed by atoms with Gasteiger partial charge in [0.2, 0.25) is 0 Å². The zero-order chi connectivity index (χ0) is 24.1. The molecule has 1 aliphatic heterocycles. The van der Waals surface area contributed by atoms with Gasteiger partial charge in [0.1, 0.15) is 5.69 Å². The monoisotopic (exact) mass is 464 g/mol. The lowest BCUT2D eigenvalue weighted by atomic mass is 9.74. The van der Waals surface area contributed by atoms with Crippen LogP contribution >= 0.6 is 0 Å². The van der Waals surface area contributed by atoms with Crippen LogP contribution in [0.15, 0.2) is 83.4 Å². The van der Waals surface area contributed by atoms with Crippen LogP contribution in [0.25, 0.3) is 22.0 Å². The summed E-state index contributed by atoms with van der Waals surface area (Å²) in [6.07, 6.45) is 1.77. The number of likely N-dealkylation sites (tertiary alicyclic amines) is 1. The van der Waals surface area contributed by atoms with Crippen LogP contribution in [0.1, 0.15) is 31.1 Å². The molecular formula is C30H32N4O. The third-order valence-corrected chi connectivity index (χ3v) is 7.43. The van der Waals surface area contributed by atoms with Crippen molar-refractivity contribution in [2.75, 3.05) is 32.7 Å². The second-order valence-corrected chi connectivity index (χ2v) is 9.48. The van der Waals surface area contributed by atoms with Crippen LogP contribution in [0.3, 0.4) is 0 Å². The van der Waals surface area contributed by atoms with Gasteiger partial charge >= 0.3 is 0 Å². The van der Waals surface area contributed by atoms with Gasteiger partial charge in [-0.1, -0.05) is 84.9 Å². The van der Waals surface area contributed by atoms with Crippen molar-refractivity contribution in [3.05, 3.63) is 90.2 Å². The molecule has 0 atom stereocenters. The number of hydrogen-bond donors (Lipinski definition) is 0. The van der Waals surface area contributed by atoms with Crippen LogP contribution in [0.2, 0.25) is 0 Å². The van der Waals surface area contributed by atoms with Crippen molar-refractivity contribution < 1.29 is 4.52 Å². The van der Waals surface area contributed by atoms with Crippen molar-refractivity contribution in [1.29, 1.82) is 5.26 Å². The molecule has 0 unspecified atom stereocenters. The number of aromatic nitrogens is 1. The average molecular weight is 465 g/mol. The van der Waals surface area contributed by atoms with E-state index in [4.69, 9.17) is 4.52 Å². The molecule has 1 fully saturated rings. The van der Waals surface area contributed by atoms with E-state index in [0.717, 1.165) is 74.7 Å². The van der Waals surface area contributed by atoms with Gasteiger partial charge in [0.15, 0.2) is 5.76 Å². The molecule has 0 aliphatic carbocycles. The fourth-order valence-corrected chi connectivity index (χ4v) is 5.20. The highest BCUT2D eigenvalue weighted by molar-refractivity contribution is 5.95. The van der Waals surface area contributed by atoms with Crippen LogP contribution in [0, 0.1) is 11.3 Å². The molecular weight excluding hydrogens is 432 g/mol. The predicted molar refractivity (Wildman–Crippen MR) is 140 cm³/mol. The first-order valence-electron chi connectivity index (χ1n) is 12.6. The number of nitrogens with zero attached hydrogens (tertiary/aromatic N) is 4. The second kappa shape index (κ2) is 10.4. The summed E-state index contributed by atoms with van der Waals surface area (Å²) >= 11 is 0. The lowest BCUT2D eigenvalue weighted by Crippen LogP contribution is -2.44. The highest BCUT2D eigenvalue weighted by atomic mass is 16.5. The summed E-state index contributed by atoms with van der Waals surface area (Å²) in [6.45, 7) is 7.74. The van der Waals surface area contributed by atoms with E-state index in [-0.39, 0.29) is 5.41 Å². The molecule has 5 heteroatoms. The molecule has 0 saturated carbocycles. The topological polar surface area (TPSA) is 56.3 Å². The highest BCUT2D eigenvalue weighted by Gasteiger charge is 2.36. The molecule has 5 rings (SSSR count). The van der Waals surface area contributed by atoms with Gasteiger partial charge in [0, 0.05) is 37.8 Å². The third-order valence-electron chi connectivity index (χ3n) is 7.43. The number of benzene rings is 3. The average Bonchev–Trinajstić information content (AvgIpc) is 3.40. The summed E-state index contributed by atoms with van der Waals surface area (Å²) in [5.74, 6) is 0.890. The fraction of sp³-hybridized carbons (Fsp3) is 0.333. The Hall–Kier alpha value is -3.46. The van der Waals surface area contributed by atoms with E-state index in [1.807, 2.05) is 18.2 Å². The summed E-state index contributed by atoms with van der Waals surface area (Å²) < 4.78 is 5.74. The lowest BCUT2D eigenvalue weighted by Gasteiger charge is -2.38. The Bertz CT molecular complexity index is 1290. The van der Waals surface area contributed by atoms with Crippen molar-refractivity contribution in [2.24, 2.45) is 0 Å². The SMILES string of the molecule is CCN(CCN1CCC(C#N)(c2ccccc2)CC1)Cc1cc(-c2cccc3ccccc23)no1. The Balaban J connectivity index is 1.18. The van der Waals surface area contributed by atoms with E-state index >= 15 is 0 Å². The van der Waals surface area contributed by atoms with E-state index in [1.165, 1.54) is 10.8 Å². The van der Waals surface area contributed by atoms with Gasteiger partial charge in [0.05, 0.1) is 18.0 Å². The summed E-state index contributed by atoms with van der Waals surface area (Å²) in [4.78, 5) is 4.89. The minimum atomic E-state index is -0.347. The van der Waals surface area contributed by atoms with Crippen LogP contribution in [-0.4, -0.2) is 47.7 Å². The van der Waals surface area contributed by atoms with E-state index < -0.39 is 0 Å². The molecule has 2 heterocycles. The molecule has 0 bridgehead atoms. The third kappa shape index (κ3) is 5.00. The van der Waals surface area contributed by atoms with Gasteiger partial charge in [-0.25, -0.2) is 0 Å². The number of fused-ring (bicyclic) bond motifs is 1. The van der Waals surface area contributed by atoms with Crippen LogP contribution in [0.5, 0.6) is 0 Å². The molecule has 1 aromatic heterocycles. The quantitative estimate of drug-likeness (QED) is 0.326. The Kier molecular flexibility index (Phi) is 6.94. The number of piperidine rings is 1. The Morgan fingerprint density at radius 3 is 2.51 bits per heavy atom. The Morgan fingerprint density at radius 2 is 1.74 bits per heavy atom. The van der Waals surface area contributed by atoms with Crippen LogP contribution in [0.4, 0.5) is 0 Å². The molecule has 5 nitrogen and oxygen atoms in total. The summed E-state index contributed by atoms with van der Waals surface area (Å²) in [6, 6.07) is 29.7. The largest absolute Gasteiger partial charge is 0.359 e. The molecule has 0 amide bonds. The first-order chi connectivity index (χ1) is 17.2. The van der Waals surface area contributed by atoms with Gasteiger partial charge in [-0.2, -0.15) is 5.26 Å². The summed E-state index contributed by atoms with van der Waals surface area (Å²) in [7, 11) is 0. The molecule has 35 heavy (non-hydrogen) atoms. The maximum Gasteiger partial charge on any atom is 0.151 e. The van der Waals surface area contributed by atoms with Gasteiger partial charge in [-0.05, 0) is 35.7 Å². The maximum atomic E-state index is 9.95. The number of hydrogen-bond acceptors (Lipinski definition) is 5. The van der Waals surface area contributed by atoms with Crippen LogP contribution < -0.4 is 0 Å². The molecule has 0 radical (unpaired) electrons. The van der Waals surface area contributed by atoms with Gasteiger partial charge in [-0.15, -0.1) is 0 Å². The van der Waals surface area contributed by atoms with Crippen molar-refractivity contribution in [2.45, 2.75) is 31.7 Å². The molecule has 178 valence electrons. The minimum absolute atomic E-state index is 0.347. The van der Waals surface area contributed by atoms with E-state index in [2.05, 4.69) is 88.6 Å². The molecule has 0 N–H and O–H groups in total. The standard InChI is InChI=1S/C30H32N4O/c1-2-33(19-20-34-17-15-30(23-31,16-18-34)25-11-4-3-5-12-25)22-26-21-29(32-35-26)28-14-8-10-24-9-6-7-13-27(24)28/h3-14,21H,2,15-20,22H2,1H3. The zero-order valence-electron chi connectivity index (χ0n) is 20.4. The van der Waals surface area contributed by atoms with Crippen molar-refractivity contribution >= 4 is 10.8 Å². The molecule has 3 aromatic carbocycles. The molecule has 4 aromatic rings. The summed E-state index contributed by atoms with van der Waals surface area (Å²) in [5.41, 5.74) is 2.80. The molecule has 1 aliphatic rings. The normalized spacial score (nSPS) is 15.9. The van der Waals surface area contributed by atoms with Gasteiger partial charge in [0.25, 0.3) is 0 Å². The van der Waals surface area contributed by atoms with E-state index in [1.54, 1.807) is 0 Å². The van der Waals surface area contributed by atoms with E-state index in [9.17, 15) is 5.26 Å². The first-order valence-corrected chi connectivity index (χ1v) is 12.6. The van der Waals surface area contributed by atoms with E-state index in [0.29, 0.717) is 0 Å². The van der Waals surface area contributed by atoms with Gasteiger partial charge < -0.3 is 9.42 Å². The van der Waals surface area contributed by atoms with Gasteiger partial charge in [-0.3, -0.25) is 4.90 Å². The minimum Gasteiger partial charge on any atom is -0.359 e. The molecule has 1 saturated heterocycles. The zero-order valence-corrected chi connectivity index (χ0v) is 20.4. The maximum absolute atomic E-state index is 9.95. The van der Waals surface area contributed by atoms with Crippen molar-refractivity contribution in [3.8, 4) is 17.3 Å². The predicted octanol–water partition coefficient (Wildman–Crippen LogP) is 5.87. The Morgan fingerprint density at radius 1 is 1.00 bits per heavy atom. The number of nitriles is 1. The smallest absolute Gasteiger partial charge is 0.151 e. The number of likely N-dealkylation sites (N-methyl/N-ethyl adjacent to an activating group) is 1. The fourth-order valence-electron chi connectivity index (χ4n) is 5.20. The highest BCUT2D eigenvalue weighted by Crippen LogP contribution is 2.35. The Labute approximate surface area is 207 Å². The van der Waals surface area contributed by atoms with Crippen molar-refractivity contribution in [1.82, 2.24) is 15.0 Å². The number of rotatable bonds is 8.